The quantitative estimate of drug-likeness (QED) is 0.612. The van der Waals surface area contributed by atoms with Crippen molar-refractivity contribution in [3.05, 3.63) is 53.2 Å². The Morgan fingerprint density at radius 1 is 1.23 bits per heavy atom. The monoisotopic (exact) mass is 350 g/mol. The van der Waals surface area contributed by atoms with Crippen LogP contribution in [-0.2, 0) is 6.61 Å². The second-order valence-corrected chi connectivity index (χ2v) is 5.67. The molecular formula is C20H18N2O4. The lowest BCUT2D eigenvalue weighted by Crippen LogP contribution is -1.92. The number of H-pyrrole nitrogens is 1. The van der Waals surface area contributed by atoms with Crippen LogP contribution in [0.2, 0.25) is 0 Å². The highest BCUT2D eigenvalue weighted by molar-refractivity contribution is 6.01. The summed E-state index contributed by atoms with van der Waals surface area (Å²) in [6, 6.07) is 11.0. The molecule has 0 aliphatic carbocycles. The van der Waals surface area contributed by atoms with E-state index in [1.807, 2.05) is 18.2 Å². The molecule has 0 atom stereocenters. The minimum atomic E-state index is -0.337. The number of aromatic hydroxyl groups is 1. The molecule has 6 heteroatoms. The molecule has 3 rings (SSSR count). The molecule has 6 nitrogen and oxygen atoms in total. The van der Waals surface area contributed by atoms with Crippen molar-refractivity contribution in [3.8, 4) is 23.3 Å². The van der Waals surface area contributed by atoms with E-state index in [4.69, 9.17) is 9.47 Å². The average Bonchev–Trinajstić information content (AvgIpc) is 3.09. The summed E-state index contributed by atoms with van der Waals surface area (Å²) in [6.45, 7) is -0.337. The Balaban J connectivity index is 2.14. The summed E-state index contributed by atoms with van der Waals surface area (Å²) >= 11 is 0. The van der Waals surface area contributed by atoms with Gasteiger partial charge in [0.1, 0.15) is 5.75 Å². The van der Waals surface area contributed by atoms with Gasteiger partial charge in [0.2, 0.25) is 0 Å². The molecule has 0 spiro atoms. The van der Waals surface area contributed by atoms with Crippen molar-refractivity contribution in [3.63, 3.8) is 0 Å². The Kier molecular flexibility index (Phi) is 4.83. The molecule has 0 bridgehead atoms. The Bertz CT molecular complexity index is 1000. The number of hydrogen-bond donors (Lipinski definition) is 3. The third-order valence-corrected chi connectivity index (χ3v) is 4.18. The average molecular weight is 350 g/mol. The van der Waals surface area contributed by atoms with Crippen LogP contribution in [0.25, 0.3) is 22.6 Å². The molecule has 3 N–H and O–H groups in total. The second-order valence-electron chi connectivity index (χ2n) is 5.67. The first-order valence-corrected chi connectivity index (χ1v) is 7.89. The van der Waals surface area contributed by atoms with Crippen molar-refractivity contribution in [2.45, 2.75) is 6.61 Å². The van der Waals surface area contributed by atoms with Gasteiger partial charge in [0.25, 0.3) is 0 Å². The molecule has 0 aliphatic rings. The molecule has 0 fully saturated rings. The number of rotatable bonds is 5. The highest BCUT2D eigenvalue weighted by atomic mass is 16.5. The molecule has 1 heterocycles. The molecule has 26 heavy (non-hydrogen) atoms. The Morgan fingerprint density at radius 3 is 2.69 bits per heavy atom. The van der Waals surface area contributed by atoms with Crippen LogP contribution in [0.5, 0.6) is 17.2 Å². The zero-order valence-corrected chi connectivity index (χ0v) is 14.4. The zero-order valence-electron chi connectivity index (χ0n) is 14.4. The van der Waals surface area contributed by atoms with Crippen molar-refractivity contribution in [1.29, 1.82) is 5.26 Å². The number of nitrogens with zero attached hydrogens (tertiary/aromatic N) is 1. The lowest BCUT2D eigenvalue weighted by Gasteiger charge is -2.09. The molecule has 132 valence electrons. The van der Waals surface area contributed by atoms with E-state index in [0.717, 1.165) is 16.5 Å². The smallest absolute Gasteiger partial charge is 0.163 e. The summed E-state index contributed by atoms with van der Waals surface area (Å²) in [6.07, 6.45) is 3.45. The predicted molar refractivity (Wildman–Crippen MR) is 98.9 cm³/mol. The SMILES string of the molecule is COc1ccc2[nH]cc(C(C#N)=Cc3cc(CO)c(O)c(OC)c3)c2c1. The number of allylic oxidation sites excluding steroid dienone is 1. The van der Waals surface area contributed by atoms with Gasteiger partial charge >= 0.3 is 0 Å². The second kappa shape index (κ2) is 7.21. The van der Waals surface area contributed by atoms with E-state index in [0.29, 0.717) is 22.4 Å². The van der Waals surface area contributed by atoms with Crippen molar-refractivity contribution in [1.82, 2.24) is 4.98 Å². The maximum Gasteiger partial charge on any atom is 0.163 e. The van der Waals surface area contributed by atoms with Gasteiger partial charge in [0.15, 0.2) is 11.5 Å². The molecule has 0 amide bonds. The fourth-order valence-electron chi connectivity index (χ4n) is 2.84. The largest absolute Gasteiger partial charge is 0.504 e. The fourth-order valence-corrected chi connectivity index (χ4v) is 2.84. The van der Waals surface area contributed by atoms with Crippen LogP contribution in [0.15, 0.2) is 36.5 Å². The number of aromatic nitrogens is 1. The van der Waals surface area contributed by atoms with Crippen LogP contribution in [-0.4, -0.2) is 29.4 Å². The van der Waals surface area contributed by atoms with Gasteiger partial charge in [-0.2, -0.15) is 5.26 Å². The molecule has 3 aromatic rings. The molecular weight excluding hydrogens is 332 g/mol. The third kappa shape index (κ3) is 3.08. The Hall–Kier alpha value is -3.43. The van der Waals surface area contributed by atoms with Gasteiger partial charge < -0.3 is 24.7 Å². The van der Waals surface area contributed by atoms with Crippen LogP contribution >= 0.6 is 0 Å². The van der Waals surface area contributed by atoms with Crippen LogP contribution in [0.1, 0.15) is 16.7 Å². The van der Waals surface area contributed by atoms with Crippen LogP contribution < -0.4 is 9.47 Å². The summed E-state index contributed by atoms with van der Waals surface area (Å²) in [5, 5.41) is 29.9. The number of nitriles is 1. The molecule has 1 aromatic heterocycles. The van der Waals surface area contributed by atoms with Crippen molar-refractivity contribution < 1.29 is 19.7 Å². The number of phenols is 1. The number of nitrogens with one attached hydrogen (secondary N) is 1. The van der Waals surface area contributed by atoms with Crippen LogP contribution in [0.3, 0.4) is 0 Å². The minimum absolute atomic E-state index is 0.109. The number of aliphatic hydroxyl groups is 1. The van der Waals surface area contributed by atoms with Gasteiger partial charge in [-0.15, -0.1) is 0 Å². The molecule has 0 aliphatic heterocycles. The number of methoxy groups -OCH3 is 2. The molecule has 0 radical (unpaired) electrons. The van der Waals surface area contributed by atoms with Gasteiger partial charge in [-0.1, -0.05) is 0 Å². The maximum absolute atomic E-state index is 10.00. The van der Waals surface area contributed by atoms with E-state index in [9.17, 15) is 15.5 Å². The van der Waals surface area contributed by atoms with E-state index >= 15 is 0 Å². The number of aliphatic hydroxyl groups excluding tert-OH is 1. The number of benzene rings is 2. The van der Waals surface area contributed by atoms with Crippen molar-refractivity contribution in [2.75, 3.05) is 14.2 Å². The lowest BCUT2D eigenvalue weighted by atomic mass is 10.0. The minimum Gasteiger partial charge on any atom is -0.504 e. The third-order valence-electron chi connectivity index (χ3n) is 4.18. The molecule has 0 saturated heterocycles. The maximum atomic E-state index is 10.00. The summed E-state index contributed by atoms with van der Waals surface area (Å²) in [7, 11) is 3.02. The number of hydrogen-bond acceptors (Lipinski definition) is 5. The van der Waals surface area contributed by atoms with E-state index in [1.165, 1.54) is 7.11 Å². The first-order valence-electron chi connectivity index (χ1n) is 7.89. The standard InChI is InChI=1S/C20H18N2O4/c1-25-15-3-4-18-16(8-15)17(10-22-18)13(9-21)5-12-6-14(11-23)20(24)19(7-12)26-2/h3-8,10,22-24H,11H2,1-2H3. The number of ether oxygens (including phenoxy) is 2. The van der Waals surface area contributed by atoms with Crippen molar-refractivity contribution in [2.24, 2.45) is 0 Å². The summed E-state index contributed by atoms with van der Waals surface area (Å²) in [5.74, 6) is 0.827. The topological polar surface area (TPSA) is 98.5 Å². The van der Waals surface area contributed by atoms with Gasteiger partial charge in [0.05, 0.1) is 32.5 Å². The van der Waals surface area contributed by atoms with Crippen LogP contribution in [0, 0.1) is 11.3 Å². The van der Waals surface area contributed by atoms with E-state index < -0.39 is 0 Å². The van der Waals surface area contributed by atoms with Gasteiger partial charge in [-0.05, 0) is 42.0 Å². The van der Waals surface area contributed by atoms with E-state index in [2.05, 4.69) is 11.1 Å². The number of fused-ring (bicyclic) bond motifs is 1. The van der Waals surface area contributed by atoms with Gasteiger partial charge in [-0.3, -0.25) is 0 Å². The zero-order chi connectivity index (χ0) is 18.7. The summed E-state index contributed by atoms with van der Waals surface area (Å²) < 4.78 is 10.4. The predicted octanol–water partition coefficient (Wildman–Crippen LogP) is 3.45. The summed E-state index contributed by atoms with van der Waals surface area (Å²) in [5.41, 5.74) is 3.02. The highest BCUT2D eigenvalue weighted by Gasteiger charge is 2.13. The first-order chi connectivity index (χ1) is 12.6. The fraction of sp³-hybridized carbons (Fsp3) is 0.150. The van der Waals surface area contributed by atoms with E-state index in [-0.39, 0.29) is 18.1 Å². The Morgan fingerprint density at radius 2 is 2.04 bits per heavy atom. The van der Waals surface area contributed by atoms with Crippen LogP contribution in [0.4, 0.5) is 0 Å². The van der Waals surface area contributed by atoms with E-state index in [1.54, 1.807) is 31.5 Å². The normalized spacial score (nSPS) is 11.4. The first kappa shape index (κ1) is 17.4. The lowest BCUT2D eigenvalue weighted by molar-refractivity contribution is 0.272. The molecule has 0 unspecified atom stereocenters. The van der Waals surface area contributed by atoms with Gasteiger partial charge in [-0.25, -0.2) is 0 Å². The molecule has 2 aromatic carbocycles. The molecule has 0 saturated carbocycles. The Labute approximate surface area is 150 Å². The highest BCUT2D eigenvalue weighted by Crippen LogP contribution is 2.34. The van der Waals surface area contributed by atoms with Crippen molar-refractivity contribution >= 4 is 22.6 Å². The summed E-state index contributed by atoms with van der Waals surface area (Å²) in [4.78, 5) is 3.14. The number of aromatic amines is 1. The van der Waals surface area contributed by atoms with Gasteiger partial charge in [0, 0.05) is 28.2 Å².